The summed E-state index contributed by atoms with van der Waals surface area (Å²) < 4.78 is 35.5. The molecule has 1 amide bonds. The van der Waals surface area contributed by atoms with Crippen molar-refractivity contribution in [3.63, 3.8) is 0 Å². The van der Waals surface area contributed by atoms with Crippen LogP contribution in [0.1, 0.15) is 42.6 Å². The molecule has 1 fully saturated rings. The van der Waals surface area contributed by atoms with Crippen LogP contribution in [0, 0.1) is 0 Å². The second kappa shape index (κ2) is 10.2. The summed E-state index contributed by atoms with van der Waals surface area (Å²) in [5.74, 6) is 0.501. The molecule has 1 aromatic heterocycles. The van der Waals surface area contributed by atoms with Gasteiger partial charge < -0.3 is 14.6 Å². The summed E-state index contributed by atoms with van der Waals surface area (Å²) in [4.78, 5) is 17.1. The van der Waals surface area contributed by atoms with E-state index in [1.807, 2.05) is 44.2 Å². The van der Waals surface area contributed by atoms with Gasteiger partial charge in [0.05, 0.1) is 12.4 Å². The number of aromatic nitrogens is 2. The van der Waals surface area contributed by atoms with E-state index in [4.69, 9.17) is 4.74 Å². The van der Waals surface area contributed by atoms with Gasteiger partial charge >= 0.3 is 0 Å². The predicted octanol–water partition coefficient (Wildman–Crippen LogP) is 3.36. The van der Waals surface area contributed by atoms with Crippen molar-refractivity contribution in [3.8, 4) is 5.75 Å². The number of rotatable bonds is 8. The Bertz CT molecular complexity index is 1260. The zero-order chi connectivity index (χ0) is 25.1. The minimum atomic E-state index is -3.75. The lowest BCUT2D eigenvalue weighted by Crippen LogP contribution is -2.53. The third-order valence-corrected chi connectivity index (χ3v) is 8.02. The van der Waals surface area contributed by atoms with Crippen LogP contribution in [-0.2, 0) is 22.5 Å². The van der Waals surface area contributed by atoms with E-state index >= 15 is 0 Å². The summed E-state index contributed by atoms with van der Waals surface area (Å²) in [5.41, 5.74) is 0.970. The normalized spacial score (nSPS) is 19.0. The SMILES string of the molecule is CC(C)Oc1ccc(C(=O)NCC2(c3ccccc3)CCCN(S(=O)(=O)c3cn(C)cn3)C2)cc1. The number of hydrogen-bond donors (Lipinski definition) is 1. The summed E-state index contributed by atoms with van der Waals surface area (Å²) in [7, 11) is -2.01. The molecule has 0 bridgehead atoms. The van der Waals surface area contributed by atoms with E-state index in [-0.39, 0.29) is 23.6 Å². The molecule has 3 aromatic rings. The van der Waals surface area contributed by atoms with Crippen molar-refractivity contribution in [2.75, 3.05) is 19.6 Å². The maximum absolute atomic E-state index is 13.3. The fourth-order valence-electron chi connectivity index (χ4n) is 4.53. The van der Waals surface area contributed by atoms with Gasteiger partial charge in [0.15, 0.2) is 5.03 Å². The van der Waals surface area contributed by atoms with Crippen LogP contribution in [0.25, 0.3) is 0 Å². The highest BCUT2D eigenvalue weighted by atomic mass is 32.2. The first-order valence-electron chi connectivity index (χ1n) is 11.8. The molecule has 1 N–H and O–H groups in total. The van der Waals surface area contributed by atoms with Crippen LogP contribution >= 0.6 is 0 Å². The summed E-state index contributed by atoms with van der Waals surface area (Å²) in [6.45, 7) is 4.89. The Kier molecular flexibility index (Phi) is 7.28. The molecule has 1 aliphatic rings. The van der Waals surface area contributed by atoms with Crippen LogP contribution in [-0.4, -0.2) is 53.9 Å². The summed E-state index contributed by atoms with van der Waals surface area (Å²) in [6.07, 6.45) is 4.49. The van der Waals surface area contributed by atoms with Crippen LogP contribution in [0.5, 0.6) is 5.75 Å². The van der Waals surface area contributed by atoms with Gasteiger partial charge in [-0.1, -0.05) is 30.3 Å². The van der Waals surface area contributed by atoms with E-state index in [0.29, 0.717) is 30.8 Å². The van der Waals surface area contributed by atoms with E-state index in [1.54, 1.807) is 35.9 Å². The van der Waals surface area contributed by atoms with Gasteiger partial charge in [-0.15, -0.1) is 0 Å². The van der Waals surface area contributed by atoms with Crippen LogP contribution in [0.4, 0.5) is 0 Å². The lowest BCUT2D eigenvalue weighted by Gasteiger charge is -2.42. The number of piperidine rings is 1. The molecule has 0 radical (unpaired) electrons. The number of benzene rings is 2. The zero-order valence-electron chi connectivity index (χ0n) is 20.3. The summed E-state index contributed by atoms with van der Waals surface area (Å²) in [6, 6.07) is 16.9. The van der Waals surface area contributed by atoms with Crippen molar-refractivity contribution < 1.29 is 17.9 Å². The highest BCUT2D eigenvalue weighted by Gasteiger charge is 2.42. The Balaban J connectivity index is 1.56. The van der Waals surface area contributed by atoms with Gasteiger partial charge in [0, 0.05) is 43.9 Å². The third-order valence-electron chi connectivity index (χ3n) is 6.29. The van der Waals surface area contributed by atoms with Crippen LogP contribution < -0.4 is 10.1 Å². The number of carbonyl (C=O) groups excluding carboxylic acids is 1. The molecular formula is C26H32N4O4S. The number of nitrogens with zero attached hydrogens (tertiary/aromatic N) is 3. The summed E-state index contributed by atoms with van der Waals surface area (Å²) in [5, 5.41) is 3.10. The Morgan fingerprint density at radius 3 is 2.49 bits per heavy atom. The van der Waals surface area contributed by atoms with E-state index in [1.165, 1.54) is 16.8 Å². The minimum absolute atomic E-state index is 0.0385. The Morgan fingerprint density at radius 2 is 1.86 bits per heavy atom. The molecular weight excluding hydrogens is 464 g/mol. The molecule has 9 heteroatoms. The predicted molar refractivity (Wildman–Crippen MR) is 134 cm³/mol. The first-order valence-corrected chi connectivity index (χ1v) is 13.2. The van der Waals surface area contributed by atoms with Gasteiger partial charge in [-0.25, -0.2) is 13.4 Å². The Morgan fingerprint density at radius 1 is 1.14 bits per heavy atom. The number of hydrogen-bond acceptors (Lipinski definition) is 5. The monoisotopic (exact) mass is 496 g/mol. The molecule has 8 nitrogen and oxygen atoms in total. The van der Waals surface area contributed by atoms with Crippen molar-refractivity contribution in [1.29, 1.82) is 0 Å². The molecule has 1 atom stereocenters. The quantitative estimate of drug-likeness (QED) is 0.516. The molecule has 35 heavy (non-hydrogen) atoms. The number of imidazole rings is 1. The summed E-state index contributed by atoms with van der Waals surface area (Å²) >= 11 is 0. The van der Waals surface area contributed by atoms with Gasteiger partial charge in [-0.2, -0.15) is 4.31 Å². The second-order valence-corrected chi connectivity index (χ2v) is 11.2. The lowest BCUT2D eigenvalue weighted by atomic mass is 9.74. The van der Waals surface area contributed by atoms with Gasteiger partial charge in [-0.05, 0) is 56.5 Å². The molecule has 186 valence electrons. The Labute approximate surface area is 207 Å². The Hall–Kier alpha value is -3.17. The van der Waals surface area contributed by atoms with Gasteiger partial charge in [-0.3, -0.25) is 4.79 Å². The number of aryl methyl sites for hydroxylation is 1. The van der Waals surface area contributed by atoms with E-state index in [9.17, 15) is 13.2 Å². The average Bonchev–Trinajstić information content (AvgIpc) is 3.30. The molecule has 4 rings (SSSR count). The minimum Gasteiger partial charge on any atom is -0.491 e. The fourth-order valence-corrected chi connectivity index (χ4v) is 6.06. The number of amides is 1. The van der Waals surface area contributed by atoms with Crippen molar-refractivity contribution in [2.24, 2.45) is 7.05 Å². The standard InChI is InChI=1S/C26H32N4O4S/c1-20(2)34-23-12-10-21(11-13-23)25(31)27-17-26(22-8-5-4-6-9-22)14-7-15-30(18-26)35(32,33)24-16-29(3)19-28-24/h4-6,8-13,16,19-20H,7,14-15,17-18H2,1-3H3,(H,27,31). The first kappa shape index (κ1) is 24.9. The number of ether oxygens (including phenoxy) is 1. The highest BCUT2D eigenvalue weighted by Crippen LogP contribution is 2.36. The molecule has 0 spiro atoms. The molecule has 1 saturated heterocycles. The van der Waals surface area contributed by atoms with Gasteiger partial charge in [0.2, 0.25) is 0 Å². The van der Waals surface area contributed by atoms with Crippen molar-refractivity contribution in [3.05, 3.63) is 78.2 Å². The van der Waals surface area contributed by atoms with E-state index < -0.39 is 15.4 Å². The molecule has 1 unspecified atom stereocenters. The lowest BCUT2D eigenvalue weighted by molar-refractivity contribution is 0.0932. The van der Waals surface area contributed by atoms with Crippen LogP contribution in [0.15, 0.2) is 72.1 Å². The maximum Gasteiger partial charge on any atom is 0.262 e. The molecule has 1 aliphatic heterocycles. The molecule has 0 aliphatic carbocycles. The molecule has 2 heterocycles. The van der Waals surface area contributed by atoms with Crippen molar-refractivity contribution in [1.82, 2.24) is 19.2 Å². The van der Waals surface area contributed by atoms with E-state index in [2.05, 4.69) is 10.3 Å². The van der Waals surface area contributed by atoms with Gasteiger partial charge in [0.1, 0.15) is 5.75 Å². The number of sulfonamides is 1. The topological polar surface area (TPSA) is 93.5 Å². The smallest absolute Gasteiger partial charge is 0.262 e. The fraction of sp³-hybridized carbons (Fsp3) is 0.385. The van der Waals surface area contributed by atoms with Crippen molar-refractivity contribution >= 4 is 15.9 Å². The van der Waals surface area contributed by atoms with Crippen LogP contribution in [0.3, 0.4) is 0 Å². The largest absolute Gasteiger partial charge is 0.491 e. The highest BCUT2D eigenvalue weighted by molar-refractivity contribution is 7.89. The van der Waals surface area contributed by atoms with E-state index in [0.717, 1.165) is 12.0 Å². The number of carbonyl (C=O) groups is 1. The van der Waals surface area contributed by atoms with Gasteiger partial charge in [0.25, 0.3) is 15.9 Å². The van der Waals surface area contributed by atoms with Crippen LogP contribution in [0.2, 0.25) is 0 Å². The second-order valence-electron chi connectivity index (χ2n) is 9.34. The van der Waals surface area contributed by atoms with Crippen molar-refractivity contribution in [2.45, 2.75) is 43.2 Å². The third kappa shape index (κ3) is 5.57. The number of nitrogens with one attached hydrogen (secondary N) is 1. The zero-order valence-corrected chi connectivity index (χ0v) is 21.2. The first-order chi connectivity index (χ1) is 16.7. The molecule has 2 aromatic carbocycles. The molecule has 0 saturated carbocycles. The maximum atomic E-state index is 13.3. The average molecular weight is 497 g/mol.